The number of imide groups is 2. The molecule has 4 aliphatic rings. The van der Waals surface area contributed by atoms with Crippen LogP contribution in [-0.4, -0.2) is 73.0 Å². The molecule has 0 aromatic heterocycles. The zero-order valence-corrected chi connectivity index (χ0v) is 22.7. The van der Waals surface area contributed by atoms with Gasteiger partial charge in [0.15, 0.2) is 9.75 Å². The lowest BCUT2D eigenvalue weighted by molar-refractivity contribution is -0.142. The molecule has 0 bridgehead atoms. The largest absolute Gasteiger partial charge is 0.507 e. The maximum atomic E-state index is 13.6. The third-order valence-corrected chi connectivity index (χ3v) is 10.1. The maximum absolute atomic E-state index is 13.6. The molecule has 6 atom stereocenters. The Morgan fingerprint density at radius 3 is 2.54 bits per heavy atom. The highest BCUT2D eigenvalue weighted by atomic mass is 35.5. The number of alkyl halides is 2. The number of carbonyl (C=O) groups is 5. The van der Waals surface area contributed by atoms with Gasteiger partial charge in [-0.05, 0) is 37.2 Å². The summed E-state index contributed by atoms with van der Waals surface area (Å²) < 4.78 is 0. The second-order valence-electron chi connectivity index (χ2n) is 10.7. The van der Waals surface area contributed by atoms with E-state index in [1.165, 1.54) is 7.05 Å². The number of carboxylic acid groups (broad SMARTS) is 1. The number of carbonyl (C=O) groups excluding carboxylic acids is 4. The number of allylic oxidation sites excluding steroid dienone is 3. The Kier molecular flexibility index (Phi) is 6.66. The first-order chi connectivity index (χ1) is 18.4. The number of aromatic hydroxyl groups is 1. The van der Waals surface area contributed by atoms with Crippen molar-refractivity contribution in [3.63, 3.8) is 0 Å². The lowest BCUT2D eigenvalue weighted by Gasteiger charge is -2.50. The Morgan fingerprint density at radius 2 is 1.87 bits per heavy atom. The third-order valence-electron chi connectivity index (χ3n) is 8.70. The van der Waals surface area contributed by atoms with E-state index in [1.807, 2.05) is 0 Å². The Labute approximate surface area is 235 Å². The fourth-order valence-electron chi connectivity index (χ4n) is 6.93. The summed E-state index contributed by atoms with van der Waals surface area (Å²) in [6, 6.07) is 5.04. The van der Waals surface area contributed by atoms with E-state index in [4.69, 9.17) is 28.3 Å². The molecule has 4 amide bonds. The van der Waals surface area contributed by atoms with Crippen LogP contribution < -0.4 is 0 Å². The van der Waals surface area contributed by atoms with E-state index in [0.29, 0.717) is 23.1 Å². The number of halogens is 2. The molecule has 5 rings (SSSR count). The van der Waals surface area contributed by atoms with E-state index in [-0.39, 0.29) is 38.0 Å². The summed E-state index contributed by atoms with van der Waals surface area (Å²) in [5.41, 5.74) is 1.43. The average Bonchev–Trinajstić information content (AvgIpc) is 3.20. The van der Waals surface area contributed by atoms with Crippen LogP contribution in [0.3, 0.4) is 0 Å². The van der Waals surface area contributed by atoms with Crippen molar-refractivity contribution in [1.82, 2.24) is 9.80 Å². The van der Waals surface area contributed by atoms with E-state index in [2.05, 4.69) is 6.58 Å². The summed E-state index contributed by atoms with van der Waals surface area (Å²) in [6.45, 7) is 3.69. The summed E-state index contributed by atoms with van der Waals surface area (Å²) in [4.78, 5) is 63.0. The molecule has 2 aliphatic carbocycles. The number of benzene rings is 1. The average molecular weight is 575 g/mol. The smallest absolute Gasteiger partial charge is 0.303 e. The number of hydrogen-bond donors (Lipinski definition) is 2. The lowest BCUT2D eigenvalue weighted by Crippen LogP contribution is -2.60. The van der Waals surface area contributed by atoms with Crippen LogP contribution in [0.1, 0.15) is 42.7 Å². The Bertz CT molecular complexity index is 1360. The fourth-order valence-corrected chi connectivity index (χ4v) is 7.94. The molecular formula is C28H28Cl2N2O7. The molecule has 1 aromatic rings. The van der Waals surface area contributed by atoms with Crippen molar-refractivity contribution >= 4 is 52.8 Å². The number of phenolic OH excluding ortho intramolecular Hbond substituents is 1. The van der Waals surface area contributed by atoms with E-state index in [9.17, 15) is 29.1 Å². The summed E-state index contributed by atoms with van der Waals surface area (Å²) in [5.74, 6) is -6.70. The van der Waals surface area contributed by atoms with Crippen LogP contribution in [0.5, 0.6) is 5.75 Å². The van der Waals surface area contributed by atoms with E-state index >= 15 is 0 Å². The highest BCUT2D eigenvalue weighted by Gasteiger charge is 2.76. The van der Waals surface area contributed by atoms with Gasteiger partial charge in [0.25, 0.3) is 11.8 Å². The molecule has 3 fully saturated rings. The van der Waals surface area contributed by atoms with E-state index in [1.54, 1.807) is 30.4 Å². The molecular weight excluding hydrogens is 547 g/mol. The number of fused-ring (bicyclic) bond motifs is 4. The molecule has 0 spiro atoms. The number of hydrogen-bond acceptors (Lipinski definition) is 6. The van der Waals surface area contributed by atoms with Gasteiger partial charge in [0.2, 0.25) is 11.8 Å². The molecule has 2 heterocycles. The third kappa shape index (κ3) is 3.69. The van der Waals surface area contributed by atoms with Gasteiger partial charge in [-0.15, -0.1) is 29.8 Å². The van der Waals surface area contributed by atoms with E-state index in [0.717, 1.165) is 9.80 Å². The topological polar surface area (TPSA) is 132 Å². The van der Waals surface area contributed by atoms with Gasteiger partial charge in [0, 0.05) is 31.5 Å². The number of carboxylic acids is 1. The highest BCUT2D eigenvalue weighted by molar-refractivity contribution is 6.53. The van der Waals surface area contributed by atoms with Gasteiger partial charge >= 0.3 is 5.97 Å². The zero-order chi connectivity index (χ0) is 28.4. The van der Waals surface area contributed by atoms with Crippen molar-refractivity contribution in [2.75, 3.05) is 13.6 Å². The Hall–Kier alpha value is -3.17. The SMILES string of the molecule is C=CCc1cccc([C@H]2C3=CC[C@@H]4C(=O)N(CCCC(=O)O)C(=O)[C@@H]4[C@@H]3C[C@@]3(Cl)C(=O)N(C)C(=O)[C@@]23Cl)c1O. The fraction of sp³-hybridized carbons (Fsp3) is 0.464. The van der Waals surface area contributed by atoms with Gasteiger partial charge in [-0.2, -0.15) is 0 Å². The standard InChI is InChI=1S/C28H28Cl2N2O7/c1-3-6-14-7-4-8-17(22(14)35)21-15-10-11-16-20(24(37)32(23(16)36)12-5-9-19(33)34)18(15)13-27(29)25(38)31(2)26(39)28(21,27)30/h3-4,7-8,10,16,18,20-21,35H,1,5-6,9,11-13H2,2H3,(H,33,34)/t16-,18+,20-,21+,27+,28-/m0/s1. The highest BCUT2D eigenvalue weighted by Crippen LogP contribution is 2.66. The number of amides is 4. The molecule has 1 saturated carbocycles. The van der Waals surface area contributed by atoms with Crippen molar-refractivity contribution in [3.05, 3.63) is 53.6 Å². The van der Waals surface area contributed by atoms with Gasteiger partial charge in [0.1, 0.15) is 5.75 Å². The second-order valence-corrected chi connectivity index (χ2v) is 11.9. The minimum atomic E-state index is -1.98. The molecule has 1 aromatic carbocycles. The van der Waals surface area contributed by atoms with Gasteiger partial charge < -0.3 is 10.2 Å². The van der Waals surface area contributed by atoms with Gasteiger partial charge in [-0.25, -0.2) is 0 Å². The van der Waals surface area contributed by atoms with Crippen LogP contribution in [0.25, 0.3) is 0 Å². The first kappa shape index (κ1) is 27.4. The van der Waals surface area contributed by atoms with Crippen molar-refractivity contribution in [1.29, 1.82) is 0 Å². The molecule has 9 nitrogen and oxygen atoms in total. The number of aliphatic carboxylic acids is 1. The molecule has 2 aliphatic heterocycles. The second kappa shape index (κ2) is 9.48. The zero-order valence-electron chi connectivity index (χ0n) is 21.2. The molecule has 2 saturated heterocycles. The Balaban J connectivity index is 1.64. The predicted octanol–water partition coefficient (Wildman–Crippen LogP) is 2.97. The first-order valence-corrected chi connectivity index (χ1v) is 13.5. The molecule has 0 radical (unpaired) electrons. The normalized spacial score (nSPS) is 33.6. The molecule has 39 heavy (non-hydrogen) atoms. The summed E-state index contributed by atoms with van der Waals surface area (Å²) >= 11 is 14.2. The van der Waals surface area contributed by atoms with Gasteiger partial charge in [0.05, 0.1) is 11.8 Å². The van der Waals surface area contributed by atoms with Crippen LogP contribution in [0.15, 0.2) is 42.5 Å². The van der Waals surface area contributed by atoms with Crippen LogP contribution in [0.2, 0.25) is 0 Å². The number of para-hydroxylation sites is 1. The van der Waals surface area contributed by atoms with Crippen LogP contribution in [-0.2, 0) is 30.4 Å². The number of rotatable bonds is 7. The monoisotopic (exact) mass is 574 g/mol. The first-order valence-electron chi connectivity index (χ1n) is 12.8. The minimum Gasteiger partial charge on any atom is -0.507 e. The molecule has 2 N–H and O–H groups in total. The minimum absolute atomic E-state index is 0.0293. The quantitative estimate of drug-likeness (QED) is 0.290. The number of nitrogens with zero attached hydrogens (tertiary/aromatic N) is 2. The summed E-state index contributed by atoms with van der Waals surface area (Å²) in [7, 11) is 1.30. The van der Waals surface area contributed by atoms with Gasteiger partial charge in [-0.3, -0.25) is 33.8 Å². The van der Waals surface area contributed by atoms with Crippen molar-refractivity contribution in [3.8, 4) is 5.75 Å². The van der Waals surface area contributed by atoms with Crippen molar-refractivity contribution < 1.29 is 34.2 Å². The van der Waals surface area contributed by atoms with Gasteiger partial charge in [-0.1, -0.05) is 35.9 Å². The molecule has 206 valence electrons. The Morgan fingerprint density at radius 1 is 1.15 bits per heavy atom. The summed E-state index contributed by atoms with van der Waals surface area (Å²) in [5, 5.41) is 20.3. The molecule has 11 heteroatoms. The van der Waals surface area contributed by atoms with Crippen molar-refractivity contribution in [2.24, 2.45) is 17.8 Å². The van der Waals surface area contributed by atoms with Crippen LogP contribution in [0.4, 0.5) is 0 Å². The number of likely N-dealkylation sites (tertiary alicyclic amines) is 2. The predicted molar refractivity (Wildman–Crippen MR) is 141 cm³/mol. The van der Waals surface area contributed by atoms with E-state index < -0.39 is 63.0 Å². The number of phenols is 1. The van der Waals surface area contributed by atoms with Crippen LogP contribution >= 0.6 is 23.2 Å². The van der Waals surface area contributed by atoms with Crippen LogP contribution in [0, 0.1) is 17.8 Å². The lowest BCUT2D eigenvalue weighted by atomic mass is 9.56. The molecule has 0 unspecified atom stereocenters. The summed E-state index contributed by atoms with van der Waals surface area (Å²) in [6.07, 6.45) is 3.72. The maximum Gasteiger partial charge on any atom is 0.303 e. The van der Waals surface area contributed by atoms with Crippen molar-refractivity contribution in [2.45, 2.75) is 47.8 Å².